The summed E-state index contributed by atoms with van der Waals surface area (Å²) in [6.45, 7) is 2.42. The van der Waals surface area contributed by atoms with Crippen molar-refractivity contribution >= 4 is 5.91 Å². The van der Waals surface area contributed by atoms with Crippen molar-refractivity contribution in [2.75, 3.05) is 20.8 Å². The molecule has 2 N–H and O–H groups in total. The van der Waals surface area contributed by atoms with Crippen LogP contribution in [0.2, 0.25) is 0 Å². The molecule has 0 radical (unpaired) electrons. The minimum atomic E-state index is -0.567. The number of nitrogens with two attached hydrogens (primary N) is 1. The first-order valence-corrected chi connectivity index (χ1v) is 11.5. The molecule has 1 unspecified atom stereocenters. The van der Waals surface area contributed by atoms with Gasteiger partial charge in [-0.2, -0.15) is 0 Å². The van der Waals surface area contributed by atoms with Crippen LogP contribution >= 0.6 is 0 Å². The van der Waals surface area contributed by atoms with Crippen molar-refractivity contribution in [1.82, 2.24) is 4.90 Å². The highest BCUT2D eigenvalue weighted by molar-refractivity contribution is 5.81. The molecule has 1 aliphatic rings. The number of aryl methyl sites for hydroxylation is 2. The number of halogens is 1. The summed E-state index contributed by atoms with van der Waals surface area (Å²) < 4.78 is 25.3. The van der Waals surface area contributed by atoms with Crippen LogP contribution in [0.3, 0.4) is 0 Å². The van der Waals surface area contributed by atoms with Gasteiger partial charge in [0.15, 0.2) is 11.5 Å². The second-order valence-corrected chi connectivity index (χ2v) is 8.75. The lowest BCUT2D eigenvalue weighted by Gasteiger charge is -2.41. The quantitative estimate of drug-likeness (QED) is 0.517. The second kappa shape index (κ2) is 10.3. The first kappa shape index (κ1) is 23.8. The summed E-state index contributed by atoms with van der Waals surface area (Å²) in [5, 5.41) is 0. The zero-order valence-corrected chi connectivity index (χ0v) is 19.9. The van der Waals surface area contributed by atoms with Crippen LogP contribution < -0.4 is 15.2 Å². The number of benzene rings is 3. The van der Waals surface area contributed by atoms with Crippen molar-refractivity contribution in [3.63, 3.8) is 0 Å². The summed E-state index contributed by atoms with van der Waals surface area (Å²) in [4.78, 5) is 14.9. The normalized spacial score (nSPS) is 16.5. The molecule has 34 heavy (non-hydrogen) atoms. The highest BCUT2D eigenvalue weighted by atomic mass is 19.1. The van der Waals surface area contributed by atoms with Crippen LogP contribution in [0, 0.1) is 12.7 Å². The maximum atomic E-state index is 14.2. The molecule has 0 aliphatic carbocycles. The van der Waals surface area contributed by atoms with E-state index in [0.717, 1.165) is 28.7 Å². The molecule has 2 atom stereocenters. The Hall–Kier alpha value is -3.38. The largest absolute Gasteiger partial charge is 0.493 e. The zero-order chi connectivity index (χ0) is 24.2. The number of primary amides is 1. The number of amides is 1. The Morgan fingerprint density at radius 1 is 1.09 bits per heavy atom. The molecule has 0 bridgehead atoms. The van der Waals surface area contributed by atoms with Gasteiger partial charge < -0.3 is 15.2 Å². The molecule has 1 amide bonds. The van der Waals surface area contributed by atoms with Crippen LogP contribution in [0.1, 0.15) is 46.3 Å². The Morgan fingerprint density at radius 2 is 1.79 bits per heavy atom. The van der Waals surface area contributed by atoms with E-state index in [1.54, 1.807) is 33.3 Å². The lowest BCUT2D eigenvalue weighted by atomic mass is 9.86. The van der Waals surface area contributed by atoms with Crippen molar-refractivity contribution in [3.05, 3.63) is 94.3 Å². The van der Waals surface area contributed by atoms with E-state index in [9.17, 15) is 9.18 Å². The minimum absolute atomic E-state index is 0.106. The van der Waals surface area contributed by atoms with Crippen LogP contribution in [0.25, 0.3) is 0 Å². The fraction of sp³-hybridized carbons (Fsp3) is 0.321. The average molecular weight is 463 g/mol. The van der Waals surface area contributed by atoms with Crippen LogP contribution in [-0.4, -0.2) is 31.6 Å². The molecule has 1 heterocycles. The molecule has 0 aromatic heterocycles. The molecule has 0 saturated heterocycles. The molecule has 5 nitrogen and oxygen atoms in total. The van der Waals surface area contributed by atoms with Gasteiger partial charge in [-0.3, -0.25) is 9.69 Å². The maximum Gasteiger partial charge on any atom is 0.239 e. The average Bonchev–Trinajstić information content (AvgIpc) is 2.84. The molecule has 0 spiro atoms. The maximum absolute atomic E-state index is 14.2. The van der Waals surface area contributed by atoms with E-state index in [4.69, 9.17) is 15.2 Å². The predicted octanol–water partition coefficient (Wildman–Crippen LogP) is 4.91. The molecular weight excluding hydrogens is 431 g/mol. The van der Waals surface area contributed by atoms with Crippen molar-refractivity contribution in [2.24, 2.45) is 5.73 Å². The smallest absolute Gasteiger partial charge is 0.239 e. The molecule has 4 rings (SSSR count). The molecule has 1 aliphatic heterocycles. The van der Waals surface area contributed by atoms with Gasteiger partial charge in [-0.25, -0.2) is 4.39 Å². The van der Waals surface area contributed by atoms with E-state index in [1.165, 1.54) is 0 Å². The van der Waals surface area contributed by atoms with Crippen LogP contribution in [0.15, 0.2) is 60.7 Å². The minimum Gasteiger partial charge on any atom is -0.493 e. The molecule has 0 fully saturated rings. The van der Waals surface area contributed by atoms with Crippen molar-refractivity contribution in [3.8, 4) is 11.5 Å². The monoisotopic (exact) mass is 462 g/mol. The number of rotatable bonds is 8. The molecule has 6 heteroatoms. The predicted molar refractivity (Wildman–Crippen MR) is 131 cm³/mol. The molecule has 3 aromatic carbocycles. The molecular formula is C28H31FN2O3. The number of methoxy groups -OCH3 is 2. The Labute approximate surface area is 200 Å². The summed E-state index contributed by atoms with van der Waals surface area (Å²) in [7, 11) is 3.24. The third-order valence-electron chi connectivity index (χ3n) is 6.70. The third kappa shape index (κ3) is 4.77. The first-order valence-electron chi connectivity index (χ1n) is 11.5. The number of carbonyl (C=O) groups is 1. The van der Waals surface area contributed by atoms with Crippen molar-refractivity contribution < 1.29 is 18.7 Å². The molecule has 178 valence electrons. The molecule has 3 aromatic rings. The van der Waals surface area contributed by atoms with E-state index in [1.807, 2.05) is 48.5 Å². The van der Waals surface area contributed by atoms with Gasteiger partial charge >= 0.3 is 0 Å². The van der Waals surface area contributed by atoms with Gasteiger partial charge in [0.25, 0.3) is 0 Å². The van der Waals surface area contributed by atoms with Crippen LogP contribution in [0.5, 0.6) is 11.5 Å². The lowest BCUT2D eigenvalue weighted by molar-refractivity contribution is -0.124. The summed E-state index contributed by atoms with van der Waals surface area (Å²) in [6.07, 6.45) is 2.11. The second-order valence-electron chi connectivity index (χ2n) is 8.75. The van der Waals surface area contributed by atoms with E-state index in [0.29, 0.717) is 36.4 Å². The number of fused-ring (bicyclic) bond motifs is 1. The Bertz CT molecular complexity index is 1170. The van der Waals surface area contributed by atoms with Crippen LogP contribution in [0.4, 0.5) is 4.39 Å². The van der Waals surface area contributed by atoms with E-state index in [-0.39, 0.29) is 17.8 Å². The highest BCUT2D eigenvalue weighted by Crippen LogP contribution is 2.43. The fourth-order valence-electron chi connectivity index (χ4n) is 4.93. The summed E-state index contributed by atoms with van der Waals surface area (Å²) in [6, 6.07) is 18.3. The lowest BCUT2D eigenvalue weighted by Crippen LogP contribution is -2.44. The molecule has 0 saturated carbocycles. The summed E-state index contributed by atoms with van der Waals surface area (Å²) in [5.74, 6) is 0.735. The van der Waals surface area contributed by atoms with Gasteiger partial charge in [-0.05, 0) is 72.2 Å². The fourth-order valence-corrected chi connectivity index (χ4v) is 4.93. The van der Waals surface area contributed by atoms with Crippen LogP contribution in [-0.2, 0) is 17.6 Å². The van der Waals surface area contributed by atoms with Gasteiger partial charge in [0.2, 0.25) is 5.91 Å². The van der Waals surface area contributed by atoms with Gasteiger partial charge in [0, 0.05) is 12.6 Å². The standard InChI is InChI=1S/C28H31FN2O3/c1-18-9-10-19(15-23(18)29)11-12-24-22-17-26(34-3)25(33-2)16-21(22)13-14-31(24)27(28(30)32)20-7-5-4-6-8-20/h4-10,15-17,24,27H,11-14H2,1-3H3,(H2,30,32)/t24-,27?/m0/s1. The van der Waals surface area contributed by atoms with Gasteiger partial charge in [0.05, 0.1) is 14.2 Å². The van der Waals surface area contributed by atoms with Gasteiger partial charge in [0.1, 0.15) is 11.9 Å². The van der Waals surface area contributed by atoms with E-state index >= 15 is 0 Å². The number of ether oxygens (including phenoxy) is 2. The number of hydrogen-bond acceptors (Lipinski definition) is 4. The van der Waals surface area contributed by atoms with Crippen molar-refractivity contribution in [1.29, 1.82) is 0 Å². The van der Waals surface area contributed by atoms with E-state index in [2.05, 4.69) is 4.90 Å². The SMILES string of the molecule is COc1cc2c(cc1OC)[C@H](CCc1ccc(C)c(F)c1)N(C(C(N)=O)c1ccccc1)CC2. The summed E-state index contributed by atoms with van der Waals surface area (Å²) in [5.41, 5.74) is 10.6. The Morgan fingerprint density at radius 3 is 2.44 bits per heavy atom. The number of nitrogens with zero attached hydrogens (tertiary/aromatic N) is 1. The van der Waals surface area contributed by atoms with Crippen molar-refractivity contribution in [2.45, 2.75) is 38.3 Å². The number of carbonyl (C=O) groups excluding carboxylic acids is 1. The van der Waals surface area contributed by atoms with E-state index < -0.39 is 6.04 Å². The summed E-state index contributed by atoms with van der Waals surface area (Å²) >= 11 is 0. The Kier molecular flexibility index (Phi) is 7.17. The topological polar surface area (TPSA) is 64.8 Å². The van der Waals surface area contributed by atoms with Gasteiger partial charge in [-0.15, -0.1) is 0 Å². The highest BCUT2D eigenvalue weighted by Gasteiger charge is 2.36. The first-order chi connectivity index (χ1) is 16.4. The Balaban J connectivity index is 1.75. The third-order valence-corrected chi connectivity index (χ3v) is 6.70. The van der Waals surface area contributed by atoms with Gasteiger partial charge in [-0.1, -0.05) is 42.5 Å². The zero-order valence-electron chi connectivity index (χ0n) is 19.9. The number of hydrogen-bond donors (Lipinski definition) is 1.